The largest absolute Gasteiger partial charge is 0.497 e. The number of ether oxygens (including phenoxy) is 2. The zero-order valence-electron chi connectivity index (χ0n) is 14.8. The van der Waals surface area contributed by atoms with Crippen LogP contribution in [0.15, 0.2) is 42.5 Å². The molecule has 5 nitrogen and oxygen atoms in total. The van der Waals surface area contributed by atoms with Crippen LogP contribution in [0.1, 0.15) is 24.6 Å². The zero-order chi connectivity index (χ0) is 18.3. The fourth-order valence-electron chi connectivity index (χ4n) is 4.01. The summed E-state index contributed by atoms with van der Waals surface area (Å²) in [5.74, 6) is 1.61. The molecule has 2 fully saturated rings. The van der Waals surface area contributed by atoms with Crippen molar-refractivity contribution in [2.45, 2.75) is 25.0 Å². The lowest BCUT2D eigenvalue weighted by Gasteiger charge is -2.31. The number of anilines is 1. The van der Waals surface area contributed by atoms with Gasteiger partial charge in [-0.1, -0.05) is 11.6 Å². The van der Waals surface area contributed by atoms with Crippen LogP contribution in [0.3, 0.4) is 0 Å². The van der Waals surface area contributed by atoms with E-state index in [4.69, 9.17) is 21.1 Å². The first-order chi connectivity index (χ1) is 12.6. The van der Waals surface area contributed by atoms with Crippen LogP contribution in [-0.4, -0.2) is 37.6 Å². The monoisotopic (exact) mass is 372 g/mol. The Morgan fingerprint density at radius 1 is 1.08 bits per heavy atom. The molecule has 2 aromatic rings. The van der Waals surface area contributed by atoms with Gasteiger partial charge in [0.05, 0.1) is 20.3 Å². The first kappa shape index (κ1) is 17.2. The van der Waals surface area contributed by atoms with Gasteiger partial charge in [-0.3, -0.25) is 14.6 Å². The van der Waals surface area contributed by atoms with Crippen molar-refractivity contribution in [3.63, 3.8) is 0 Å². The molecule has 2 aromatic carbocycles. The molecule has 1 amide bonds. The molecular formula is C20H21ClN2O3. The van der Waals surface area contributed by atoms with Crippen LogP contribution in [0.25, 0.3) is 0 Å². The first-order valence-corrected chi connectivity index (χ1v) is 9.08. The molecule has 0 radical (unpaired) electrons. The molecule has 4 rings (SSSR count). The number of carbonyl (C=O) groups is 1. The maximum absolute atomic E-state index is 13.2. The molecule has 6 heteroatoms. The molecule has 0 aromatic heterocycles. The van der Waals surface area contributed by atoms with Crippen molar-refractivity contribution >= 4 is 23.2 Å². The summed E-state index contributed by atoms with van der Waals surface area (Å²) in [6.07, 6.45) is 1.68. The molecule has 2 aliphatic rings. The van der Waals surface area contributed by atoms with Crippen LogP contribution >= 0.6 is 11.6 Å². The maximum Gasteiger partial charge on any atom is 0.246 e. The Labute approximate surface area is 158 Å². The summed E-state index contributed by atoms with van der Waals surface area (Å²) in [7, 11) is 3.29. The van der Waals surface area contributed by atoms with Crippen molar-refractivity contribution in [2.75, 3.05) is 25.7 Å². The van der Waals surface area contributed by atoms with E-state index < -0.39 is 0 Å². The lowest BCUT2D eigenvalue weighted by Crippen LogP contribution is -2.32. The van der Waals surface area contributed by atoms with Crippen LogP contribution in [-0.2, 0) is 4.79 Å². The van der Waals surface area contributed by atoms with E-state index in [9.17, 15) is 4.79 Å². The summed E-state index contributed by atoms with van der Waals surface area (Å²) in [6.45, 7) is 0.880. The van der Waals surface area contributed by atoms with Gasteiger partial charge in [0.15, 0.2) is 0 Å². The molecule has 0 bridgehead atoms. The average molecular weight is 373 g/mol. The van der Waals surface area contributed by atoms with E-state index in [1.54, 1.807) is 14.2 Å². The SMILES string of the molecule is COc1ccc(OC)c([C@H]2N(c3ccc(Cl)cc3)C(=O)[C@@H]3CCCN32)c1. The van der Waals surface area contributed by atoms with Gasteiger partial charge in [-0.05, 0) is 55.3 Å². The maximum atomic E-state index is 13.2. The van der Waals surface area contributed by atoms with Crippen molar-refractivity contribution in [3.05, 3.63) is 53.1 Å². The summed E-state index contributed by atoms with van der Waals surface area (Å²) >= 11 is 6.04. The normalized spacial score (nSPS) is 22.6. The highest BCUT2D eigenvalue weighted by atomic mass is 35.5. The highest BCUT2D eigenvalue weighted by molar-refractivity contribution is 6.30. The summed E-state index contributed by atoms with van der Waals surface area (Å²) in [5.41, 5.74) is 1.77. The van der Waals surface area contributed by atoms with Crippen molar-refractivity contribution in [3.8, 4) is 11.5 Å². The molecule has 136 valence electrons. The third-order valence-electron chi connectivity index (χ3n) is 5.20. The molecule has 2 saturated heterocycles. The average Bonchev–Trinajstić information content (AvgIpc) is 3.24. The lowest BCUT2D eigenvalue weighted by atomic mass is 10.1. The molecule has 0 N–H and O–H groups in total. The standard InChI is InChI=1S/C20H21ClN2O3/c1-25-15-9-10-18(26-2)16(12-15)19-22-11-3-4-17(22)20(24)23(19)14-7-5-13(21)6-8-14/h5-10,12,17,19H,3-4,11H2,1-2H3/t17-,19+/m0/s1. The smallest absolute Gasteiger partial charge is 0.246 e. The van der Waals surface area contributed by atoms with Gasteiger partial charge in [-0.15, -0.1) is 0 Å². The summed E-state index contributed by atoms with van der Waals surface area (Å²) in [6, 6.07) is 13.0. The first-order valence-electron chi connectivity index (χ1n) is 8.70. The van der Waals surface area contributed by atoms with Crippen LogP contribution in [0.4, 0.5) is 5.69 Å². The van der Waals surface area contributed by atoms with Gasteiger partial charge < -0.3 is 9.47 Å². The van der Waals surface area contributed by atoms with E-state index in [2.05, 4.69) is 4.90 Å². The second kappa shape index (κ2) is 6.82. The van der Waals surface area contributed by atoms with Gasteiger partial charge in [0.1, 0.15) is 17.7 Å². The second-order valence-electron chi connectivity index (χ2n) is 6.56. The Kier molecular flexibility index (Phi) is 4.51. The quantitative estimate of drug-likeness (QED) is 0.817. The highest BCUT2D eigenvalue weighted by Crippen LogP contribution is 2.45. The van der Waals surface area contributed by atoms with E-state index in [0.717, 1.165) is 42.1 Å². The fourth-order valence-corrected chi connectivity index (χ4v) is 4.13. The lowest BCUT2D eigenvalue weighted by molar-refractivity contribution is -0.119. The summed E-state index contributed by atoms with van der Waals surface area (Å²) in [4.78, 5) is 17.3. The molecule has 2 aliphatic heterocycles. The number of rotatable bonds is 4. The number of nitrogens with zero attached hydrogens (tertiary/aromatic N) is 2. The minimum atomic E-state index is -0.221. The highest BCUT2D eigenvalue weighted by Gasteiger charge is 2.50. The molecule has 0 spiro atoms. The number of hydrogen-bond donors (Lipinski definition) is 0. The minimum Gasteiger partial charge on any atom is -0.497 e. The Hall–Kier alpha value is -2.24. The molecule has 2 heterocycles. The third-order valence-corrected chi connectivity index (χ3v) is 5.45. The molecule has 0 aliphatic carbocycles. The van der Waals surface area contributed by atoms with E-state index in [0.29, 0.717) is 5.02 Å². The number of benzene rings is 2. The van der Waals surface area contributed by atoms with E-state index in [1.807, 2.05) is 47.4 Å². The number of hydrogen-bond acceptors (Lipinski definition) is 4. The minimum absolute atomic E-state index is 0.0911. The van der Waals surface area contributed by atoms with Crippen LogP contribution in [0.2, 0.25) is 5.02 Å². The summed E-state index contributed by atoms with van der Waals surface area (Å²) < 4.78 is 11.0. The predicted octanol–water partition coefficient (Wildman–Crippen LogP) is 3.87. The Morgan fingerprint density at radius 2 is 1.85 bits per heavy atom. The zero-order valence-corrected chi connectivity index (χ0v) is 15.6. The van der Waals surface area contributed by atoms with Crippen molar-refractivity contribution in [1.82, 2.24) is 4.90 Å². The third kappa shape index (κ3) is 2.72. The van der Waals surface area contributed by atoms with Crippen LogP contribution in [0, 0.1) is 0 Å². The van der Waals surface area contributed by atoms with E-state index >= 15 is 0 Å². The van der Waals surface area contributed by atoms with E-state index in [1.165, 1.54) is 0 Å². The van der Waals surface area contributed by atoms with Gasteiger partial charge in [0.2, 0.25) is 5.91 Å². The number of amides is 1. The van der Waals surface area contributed by atoms with Gasteiger partial charge in [-0.2, -0.15) is 0 Å². The van der Waals surface area contributed by atoms with E-state index in [-0.39, 0.29) is 18.1 Å². The van der Waals surface area contributed by atoms with Gasteiger partial charge >= 0.3 is 0 Å². The topological polar surface area (TPSA) is 42.0 Å². The van der Waals surface area contributed by atoms with Crippen LogP contribution < -0.4 is 14.4 Å². The van der Waals surface area contributed by atoms with Gasteiger partial charge in [0.25, 0.3) is 0 Å². The Bertz CT molecular complexity index is 824. The van der Waals surface area contributed by atoms with Crippen molar-refractivity contribution in [2.24, 2.45) is 0 Å². The van der Waals surface area contributed by atoms with Gasteiger partial charge in [-0.25, -0.2) is 0 Å². The second-order valence-corrected chi connectivity index (χ2v) is 7.00. The number of carbonyl (C=O) groups excluding carboxylic acids is 1. The fraction of sp³-hybridized carbons (Fsp3) is 0.350. The molecular weight excluding hydrogens is 352 g/mol. The van der Waals surface area contributed by atoms with Crippen molar-refractivity contribution < 1.29 is 14.3 Å². The molecule has 0 unspecified atom stereocenters. The number of fused-ring (bicyclic) bond motifs is 1. The van der Waals surface area contributed by atoms with Gasteiger partial charge in [0, 0.05) is 22.8 Å². The summed E-state index contributed by atoms with van der Waals surface area (Å²) in [5, 5.41) is 0.649. The Balaban J connectivity index is 1.85. The Morgan fingerprint density at radius 3 is 2.54 bits per heavy atom. The number of methoxy groups -OCH3 is 2. The number of halogens is 1. The van der Waals surface area contributed by atoms with Crippen molar-refractivity contribution in [1.29, 1.82) is 0 Å². The van der Waals surface area contributed by atoms with Crippen LogP contribution in [0.5, 0.6) is 11.5 Å². The molecule has 0 saturated carbocycles. The molecule has 2 atom stereocenters. The predicted molar refractivity (Wildman–Crippen MR) is 101 cm³/mol. The molecule has 26 heavy (non-hydrogen) atoms.